The third-order valence-electron chi connectivity index (χ3n) is 6.17. The molecule has 2 aromatic carbocycles. The largest absolute Gasteiger partial charge is 0.490 e. The lowest BCUT2D eigenvalue weighted by molar-refractivity contribution is -0.385. The Balaban J connectivity index is 0.000000717. The molecule has 0 spiro atoms. The molecule has 0 atom stereocenters. The van der Waals surface area contributed by atoms with Gasteiger partial charge >= 0.3 is 24.3 Å². The van der Waals surface area contributed by atoms with Gasteiger partial charge in [0.2, 0.25) is 0 Å². The van der Waals surface area contributed by atoms with Crippen LogP contribution in [0.25, 0.3) is 0 Å². The standard InChI is InChI=1S/C24H32N4O7.2C2HF3O2/c29-27(30)23-5-1-21(2-6-23)19-25-9-13-33-14-10-26(12-16-35-18-17-34-15-11-25)20-22-3-7-24(8-4-22)28(31)32;2*3-2(4,5)1(6)7/h1-8H,9-20H2;2*(H,6,7). The quantitative estimate of drug-likeness (QED) is 0.246. The summed E-state index contributed by atoms with van der Waals surface area (Å²) in [7, 11) is 0. The summed E-state index contributed by atoms with van der Waals surface area (Å²) in [6.07, 6.45) is -10.2. The van der Waals surface area contributed by atoms with Crippen molar-refractivity contribution in [2.75, 3.05) is 65.8 Å². The fourth-order valence-electron chi connectivity index (χ4n) is 3.70. The topological polar surface area (TPSA) is 195 Å². The van der Waals surface area contributed by atoms with E-state index in [4.69, 9.17) is 34.0 Å². The van der Waals surface area contributed by atoms with Crippen LogP contribution in [0.3, 0.4) is 0 Å². The first-order chi connectivity index (χ1) is 22.9. The molecule has 1 aliphatic rings. The van der Waals surface area contributed by atoms with Crippen molar-refractivity contribution in [3.05, 3.63) is 79.9 Å². The first kappa shape index (κ1) is 42.6. The van der Waals surface area contributed by atoms with Gasteiger partial charge in [-0.05, 0) is 11.1 Å². The average Bonchev–Trinajstić information content (AvgIpc) is 3.02. The van der Waals surface area contributed by atoms with Crippen molar-refractivity contribution >= 4 is 23.3 Å². The van der Waals surface area contributed by atoms with Crippen LogP contribution in [0.5, 0.6) is 0 Å². The van der Waals surface area contributed by atoms with Crippen LogP contribution in [0.1, 0.15) is 11.1 Å². The smallest absolute Gasteiger partial charge is 0.475 e. The molecule has 2 N–H and O–H groups in total. The highest BCUT2D eigenvalue weighted by atomic mass is 19.4. The SMILES string of the molecule is O=C(O)C(F)(F)F.O=C(O)C(F)(F)F.O=[N+]([O-])c1ccc(CN2CCOCCOCCN(Cc3ccc([N+](=O)[O-])cc3)CCOCC2)cc1. The van der Waals surface area contributed by atoms with E-state index in [2.05, 4.69) is 9.80 Å². The number of rotatable bonds is 6. The Morgan fingerprint density at radius 2 is 0.837 bits per heavy atom. The number of carboxylic acids is 2. The van der Waals surface area contributed by atoms with Crippen LogP contribution >= 0.6 is 0 Å². The minimum absolute atomic E-state index is 0.0794. The number of nitro groups is 2. The Bertz CT molecular complexity index is 1210. The number of non-ortho nitro benzene ring substituents is 2. The van der Waals surface area contributed by atoms with Crippen molar-refractivity contribution < 1.29 is 70.2 Å². The van der Waals surface area contributed by atoms with Gasteiger partial charge in [0.25, 0.3) is 11.4 Å². The molecule has 274 valence electrons. The third-order valence-corrected chi connectivity index (χ3v) is 6.17. The van der Waals surface area contributed by atoms with Crippen molar-refractivity contribution in [2.24, 2.45) is 0 Å². The van der Waals surface area contributed by atoms with Crippen molar-refractivity contribution in [1.82, 2.24) is 9.80 Å². The van der Waals surface area contributed by atoms with Crippen molar-refractivity contribution in [3.63, 3.8) is 0 Å². The van der Waals surface area contributed by atoms with Crippen molar-refractivity contribution in [2.45, 2.75) is 25.4 Å². The molecule has 1 saturated heterocycles. The molecule has 2 aromatic rings. The van der Waals surface area contributed by atoms with Crippen LogP contribution in [0.15, 0.2) is 48.5 Å². The fourth-order valence-corrected chi connectivity index (χ4v) is 3.70. The molecular formula is C28H34F6N4O11. The molecule has 0 radical (unpaired) electrons. The van der Waals surface area contributed by atoms with Crippen molar-refractivity contribution in [3.8, 4) is 0 Å². The Kier molecular flexibility index (Phi) is 18.7. The molecule has 15 nitrogen and oxygen atoms in total. The van der Waals surface area contributed by atoms with Crippen LogP contribution in [0, 0.1) is 20.2 Å². The Morgan fingerprint density at radius 1 is 0.592 bits per heavy atom. The van der Waals surface area contributed by atoms with Crippen LogP contribution in [-0.4, -0.2) is 120 Å². The first-order valence-corrected chi connectivity index (χ1v) is 14.1. The second-order valence-electron chi connectivity index (χ2n) is 9.84. The Hall–Kier alpha value is -4.44. The van der Waals surface area contributed by atoms with Gasteiger partial charge in [0, 0.05) is 63.5 Å². The summed E-state index contributed by atoms with van der Waals surface area (Å²) in [6.45, 7) is 7.36. The molecule has 0 bridgehead atoms. The normalized spacial score (nSPS) is 16.0. The number of carboxylic acid groups (broad SMARTS) is 2. The number of hydrogen-bond acceptors (Lipinski definition) is 11. The van der Waals surface area contributed by atoms with E-state index in [1.165, 1.54) is 24.3 Å². The predicted molar refractivity (Wildman–Crippen MR) is 157 cm³/mol. The van der Waals surface area contributed by atoms with Gasteiger partial charge in [-0.2, -0.15) is 26.3 Å². The van der Waals surface area contributed by atoms with Crippen LogP contribution in [0.2, 0.25) is 0 Å². The second-order valence-corrected chi connectivity index (χ2v) is 9.84. The maximum Gasteiger partial charge on any atom is 0.490 e. The average molecular weight is 717 g/mol. The van der Waals surface area contributed by atoms with Gasteiger partial charge in [0.05, 0.1) is 49.5 Å². The number of nitro benzene ring substituents is 2. The summed E-state index contributed by atoms with van der Waals surface area (Å²) in [6, 6.07) is 13.2. The number of alkyl halides is 6. The van der Waals surface area contributed by atoms with Gasteiger partial charge in [-0.3, -0.25) is 30.0 Å². The zero-order chi connectivity index (χ0) is 37.0. The Labute approximate surface area is 274 Å². The number of aliphatic carboxylic acids is 2. The van der Waals surface area contributed by atoms with Gasteiger partial charge in [0.1, 0.15) is 0 Å². The van der Waals surface area contributed by atoms with E-state index in [1.807, 2.05) is 0 Å². The lowest BCUT2D eigenvalue weighted by Gasteiger charge is -2.23. The zero-order valence-corrected chi connectivity index (χ0v) is 25.7. The number of benzene rings is 2. The number of carbonyl (C=O) groups is 2. The summed E-state index contributed by atoms with van der Waals surface area (Å²) in [5, 5.41) is 36.0. The van der Waals surface area contributed by atoms with E-state index in [-0.39, 0.29) is 11.4 Å². The lowest BCUT2D eigenvalue weighted by Crippen LogP contribution is -2.32. The molecule has 0 aromatic heterocycles. The van der Waals surface area contributed by atoms with Gasteiger partial charge < -0.3 is 24.4 Å². The second kappa shape index (κ2) is 21.5. The van der Waals surface area contributed by atoms with Crippen LogP contribution in [-0.2, 0) is 36.9 Å². The molecule has 0 amide bonds. The van der Waals surface area contributed by atoms with Gasteiger partial charge in [-0.15, -0.1) is 0 Å². The predicted octanol–water partition coefficient (Wildman–Crippen LogP) is 4.14. The first-order valence-electron chi connectivity index (χ1n) is 14.1. The van der Waals surface area contributed by atoms with E-state index < -0.39 is 34.1 Å². The number of nitrogens with zero attached hydrogens (tertiary/aromatic N) is 4. The van der Waals surface area contributed by atoms with E-state index >= 15 is 0 Å². The molecule has 0 saturated carbocycles. The summed E-state index contributed by atoms with van der Waals surface area (Å²) in [4.78, 5) is 43.2. The number of halogens is 6. The maximum atomic E-state index is 10.9. The molecule has 21 heteroatoms. The lowest BCUT2D eigenvalue weighted by atomic mass is 10.2. The highest BCUT2D eigenvalue weighted by Crippen LogP contribution is 2.16. The summed E-state index contributed by atoms with van der Waals surface area (Å²) in [5.41, 5.74) is 2.14. The number of ether oxygens (including phenoxy) is 3. The van der Waals surface area contributed by atoms with E-state index in [0.717, 1.165) is 11.1 Å². The summed E-state index contributed by atoms with van der Waals surface area (Å²) in [5.74, 6) is -5.51. The molecule has 49 heavy (non-hydrogen) atoms. The van der Waals surface area contributed by atoms with Gasteiger partial charge in [-0.1, -0.05) is 24.3 Å². The van der Waals surface area contributed by atoms with E-state index in [1.54, 1.807) is 24.3 Å². The number of hydrogen-bond donors (Lipinski definition) is 2. The molecule has 1 aliphatic heterocycles. The minimum atomic E-state index is -5.08. The molecular weight excluding hydrogens is 682 g/mol. The maximum absolute atomic E-state index is 10.9. The fraction of sp³-hybridized carbons (Fsp3) is 0.500. The molecule has 1 fully saturated rings. The summed E-state index contributed by atoms with van der Waals surface area (Å²) >= 11 is 0. The van der Waals surface area contributed by atoms with Gasteiger partial charge in [0.15, 0.2) is 0 Å². The van der Waals surface area contributed by atoms with E-state index in [9.17, 15) is 46.6 Å². The van der Waals surface area contributed by atoms with E-state index in [0.29, 0.717) is 78.9 Å². The Morgan fingerprint density at radius 3 is 1.06 bits per heavy atom. The summed E-state index contributed by atoms with van der Waals surface area (Å²) < 4.78 is 80.8. The third kappa shape index (κ3) is 19.2. The van der Waals surface area contributed by atoms with Crippen LogP contribution < -0.4 is 0 Å². The highest BCUT2D eigenvalue weighted by Gasteiger charge is 2.38. The van der Waals surface area contributed by atoms with Crippen molar-refractivity contribution in [1.29, 1.82) is 0 Å². The molecule has 3 rings (SSSR count). The van der Waals surface area contributed by atoms with Gasteiger partial charge in [-0.25, -0.2) is 9.59 Å². The minimum Gasteiger partial charge on any atom is -0.475 e. The highest BCUT2D eigenvalue weighted by molar-refractivity contribution is 5.73. The van der Waals surface area contributed by atoms with Crippen LogP contribution in [0.4, 0.5) is 37.7 Å². The molecule has 0 unspecified atom stereocenters. The molecule has 1 heterocycles. The monoisotopic (exact) mass is 716 g/mol. The molecule has 0 aliphatic carbocycles. The zero-order valence-electron chi connectivity index (χ0n) is 25.7.